The molecule has 0 unspecified atom stereocenters. The number of nitriles is 1. The Hall–Kier alpha value is -1.08. The van der Waals surface area contributed by atoms with E-state index in [0.717, 1.165) is 39.0 Å². The van der Waals surface area contributed by atoms with Crippen LogP contribution in [0.1, 0.15) is 39.5 Å². The molecule has 1 amide bonds. The Morgan fingerprint density at radius 1 is 1.41 bits per heavy atom. The zero-order valence-corrected chi connectivity index (χ0v) is 11.0. The first kappa shape index (κ1) is 14.0. The third-order valence-electron chi connectivity index (χ3n) is 3.54. The monoisotopic (exact) mass is 237 g/mol. The third kappa shape index (κ3) is 4.35. The average molecular weight is 237 g/mol. The molecule has 0 aliphatic heterocycles. The minimum atomic E-state index is 0.215. The molecule has 0 aromatic heterocycles. The van der Waals surface area contributed by atoms with Crippen LogP contribution >= 0.6 is 0 Å². The zero-order valence-electron chi connectivity index (χ0n) is 11.0. The van der Waals surface area contributed by atoms with Crippen LogP contribution in [0.3, 0.4) is 0 Å². The molecule has 0 bridgehead atoms. The van der Waals surface area contributed by atoms with Crippen LogP contribution in [0.15, 0.2) is 0 Å². The van der Waals surface area contributed by atoms with Crippen molar-refractivity contribution in [1.82, 2.24) is 10.2 Å². The van der Waals surface area contributed by atoms with Crippen LogP contribution < -0.4 is 5.32 Å². The maximum absolute atomic E-state index is 11.7. The van der Waals surface area contributed by atoms with Gasteiger partial charge in [0, 0.05) is 39.0 Å². The molecule has 0 aromatic carbocycles. The first-order chi connectivity index (χ1) is 8.17. The Labute approximate surface area is 104 Å². The summed E-state index contributed by atoms with van der Waals surface area (Å²) in [7, 11) is 0. The second-order valence-corrected chi connectivity index (χ2v) is 4.83. The molecule has 1 aliphatic rings. The quantitative estimate of drug-likeness (QED) is 0.651. The molecule has 0 atom stereocenters. The van der Waals surface area contributed by atoms with E-state index in [1.165, 1.54) is 0 Å². The number of amides is 1. The molecule has 1 saturated carbocycles. The van der Waals surface area contributed by atoms with Gasteiger partial charge in [-0.05, 0) is 32.1 Å². The lowest BCUT2D eigenvalue weighted by atomic mass is 10.0. The van der Waals surface area contributed by atoms with Gasteiger partial charge in [0.05, 0.1) is 6.07 Å². The standard InChI is InChI=1S/C13H23N3O/c1-3-16(4-2)12(17)5-10-15-11-13(6-7-13)8-9-14/h15H,3-8,10-11H2,1-2H3. The van der Waals surface area contributed by atoms with E-state index in [1.54, 1.807) is 0 Å². The molecule has 1 N–H and O–H groups in total. The van der Waals surface area contributed by atoms with Gasteiger partial charge >= 0.3 is 0 Å². The highest BCUT2D eigenvalue weighted by Crippen LogP contribution is 2.47. The highest BCUT2D eigenvalue weighted by Gasteiger charge is 2.41. The Morgan fingerprint density at radius 3 is 2.53 bits per heavy atom. The van der Waals surface area contributed by atoms with Crippen molar-refractivity contribution < 1.29 is 4.79 Å². The lowest BCUT2D eigenvalue weighted by molar-refractivity contribution is -0.130. The number of nitrogens with zero attached hydrogens (tertiary/aromatic N) is 2. The van der Waals surface area contributed by atoms with Crippen LogP contribution in [0.4, 0.5) is 0 Å². The first-order valence-corrected chi connectivity index (χ1v) is 6.53. The summed E-state index contributed by atoms with van der Waals surface area (Å²) in [4.78, 5) is 13.6. The van der Waals surface area contributed by atoms with Crippen LogP contribution in [0.2, 0.25) is 0 Å². The highest BCUT2D eigenvalue weighted by molar-refractivity contribution is 5.76. The number of carbonyl (C=O) groups is 1. The van der Waals surface area contributed by atoms with Gasteiger partial charge in [-0.2, -0.15) is 5.26 Å². The number of rotatable bonds is 8. The van der Waals surface area contributed by atoms with Gasteiger partial charge in [0.25, 0.3) is 0 Å². The highest BCUT2D eigenvalue weighted by atomic mass is 16.2. The molecular formula is C13H23N3O. The Kier molecular flexibility index (Phi) is 5.43. The van der Waals surface area contributed by atoms with Crippen molar-refractivity contribution in [2.75, 3.05) is 26.2 Å². The van der Waals surface area contributed by atoms with Gasteiger partial charge in [0.2, 0.25) is 5.91 Å². The van der Waals surface area contributed by atoms with Gasteiger partial charge in [0.15, 0.2) is 0 Å². The van der Waals surface area contributed by atoms with E-state index < -0.39 is 0 Å². The second-order valence-electron chi connectivity index (χ2n) is 4.83. The van der Waals surface area contributed by atoms with Crippen LogP contribution in [-0.4, -0.2) is 37.0 Å². The molecule has 0 heterocycles. The number of carbonyl (C=O) groups excluding carboxylic acids is 1. The van der Waals surface area contributed by atoms with E-state index in [2.05, 4.69) is 11.4 Å². The maximum atomic E-state index is 11.7. The van der Waals surface area contributed by atoms with E-state index in [0.29, 0.717) is 12.8 Å². The molecule has 17 heavy (non-hydrogen) atoms. The minimum absolute atomic E-state index is 0.215. The summed E-state index contributed by atoms with van der Waals surface area (Å²) in [5, 5.41) is 12.0. The van der Waals surface area contributed by atoms with E-state index in [4.69, 9.17) is 5.26 Å². The molecule has 0 spiro atoms. The average Bonchev–Trinajstić information content (AvgIpc) is 3.07. The summed E-state index contributed by atoms with van der Waals surface area (Å²) >= 11 is 0. The number of hydrogen-bond donors (Lipinski definition) is 1. The van der Waals surface area contributed by atoms with E-state index in [9.17, 15) is 4.79 Å². The van der Waals surface area contributed by atoms with E-state index in [-0.39, 0.29) is 11.3 Å². The van der Waals surface area contributed by atoms with Crippen molar-refractivity contribution in [3.8, 4) is 6.07 Å². The SMILES string of the molecule is CCN(CC)C(=O)CCNCC1(CC#N)CC1. The number of nitrogens with one attached hydrogen (secondary N) is 1. The molecular weight excluding hydrogens is 214 g/mol. The van der Waals surface area contributed by atoms with Crippen molar-refractivity contribution in [2.45, 2.75) is 39.5 Å². The van der Waals surface area contributed by atoms with Crippen molar-refractivity contribution in [3.63, 3.8) is 0 Å². The number of hydrogen-bond acceptors (Lipinski definition) is 3. The topological polar surface area (TPSA) is 56.1 Å². The minimum Gasteiger partial charge on any atom is -0.343 e. The normalized spacial score (nSPS) is 16.3. The molecule has 0 radical (unpaired) electrons. The summed E-state index contributed by atoms with van der Waals surface area (Å²) in [6.45, 7) is 7.18. The molecule has 1 rings (SSSR count). The summed E-state index contributed by atoms with van der Waals surface area (Å²) < 4.78 is 0. The van der Waals surface area contributed by atoms with Crippen molar-refractivity contribution >= 4 is 5.91 Å². The summed E-state index contributed by atoms with van der Waals surface area (Å²) in [5.41, 5.74) is 0.229. The zero-order chi connectivity index (χ0) is 12.7. The fraction of sp³-hybridized carbons (Fsp3) is 0.846. The molecule has 96 valence electrons. The lowest BCUT2D eigenvalue weighted by Gasteiger charge is -2.19. The van der Waals surface area contributed by atoms with Crippen molar-refractivity contribution in [3.05, 3.63) is 0 Å². The smallest absolute Gasteiger partial charge is 0.223 e. The van der Waals surface area contributed by atoms with Crippen LogP contribution in [0.5, 0.6) is 0 Å². The van der Waals surface area contributed by atoms with E-state index >= 15 is 0 Å². The predicted octanol–water partition coefficient (Wildman–Crippen LogP) is 1.53. The van der Waals surface area contributed by atoms with E-state index in [1.807, 2.05) is 18.7 Å². The fourth-order valence-electron chi connectivity index (χ4n) is 2.04. The van der Waals surface area contributed by atoms with Crippen molar-refractivity contribution in [2.24, 2.45) is 5.41 Å². The Balaban J connectivity index is 2.12. The largest absolute Gasteiger partial charge is 0.343 e. The maximum Gasteiger partial charge on any atom is 0.223 e. The lowest BCUT2D eigenvalue weighted by Crippen LogP contribution is -2.34. The summed E-state index contributed by atoms with van der Waals surface area (Å²) in [6, 6.07) is 2.24. The molecule has 1 aliphatic carbocycles. The second kappa shape index (κ2) is 6.61. The molecule has 0 saturated heterocycles. The van der Waals surface area contributed by atoms with Gasteiger partial charge in [-0.1, -0.05) is 0 Å². The fourth-order valence-corrected chi connectivity index (χ4v) is 2.04. The molecule has 4 nitrogen and oxygen atoms in total. The van der Waals surface area contributed by atoms with Gasteiger partial charge in [-0.25, -0.2) is 0 Å². The molecule has 4 heteroatoms. The van der Waals surface area contributed by atoms with Crippen LogP contribution in [-0.2, 0) is 4.79 Å². The van der Waals surface area contributed by atoms with Gasteiger partial charge in [0.1, 0.15) is 0 Å². The first-order valence-electron chi connectivity index (χ1n) is 6.53. The van der Waals surface area contributed by atoms with Crippen molar-refractivity contribution in [1.29, 1.82) is 5.26 Å². The summed E-state index contributed by atoms with van der Waals surface area (Å²) in [5.74, 6) is 0.215. The molecule has 1 fully saturated rings. The van der Waals surface area contributed by atoms with Gasteiger partial charge in [-0.3, -0.25) is 4.79 Å². The summed E-state index contributed by atoms with van der Waals surface area (Å²) in [6.07, 6.45) is 3.50. The van der Waals surface area contributed by atoms with Crippen LogP contribution in [0.25, 0.3) is 0 Å². The Bertz CT molecular complexity index is 288. The van der Waals surface area contributed by atoms with Gasteiger partial charge in [-0.15, -0.1) is 0 Å². The predicted molar refractivity (Wildman–Crippen MR) is 67.3 cm³/mol. The molecule has 0 aromatic rings. The van der Waals surface area contributed by atoms with Crippen LogP contribution in [0, 0.1) is 16.7 Å². The Morgan fingerprint density at radius 2 is 2.06 bits per heavy atom. The third-order valence-corrected chi connectivity index (χ3v) is 3.54. The van der Waals surface area contributed by atoms with Gasteiger partial charge < -0.3 is 10.2 Å².